The predicted octanol–water partition coefficient (Wildman–Crippen LogP) is 0.849. The van der Waals surface area contributed by atoms with Crippen molar-refractivity contribution in [1.29, 1.82) is 0 Å². The first-order chi connectivity index (χ1) is 8.46. The van der Waals surface area contributed by atoms with Crippen LogP contribution in [-0.4, -0.2) is 62.5 Å². The number of hydrogen-bond donors (Lipinski definition) is 1. The van der Waals surface area contributed by atoms with E-state index in [0.717, 1.165) is 0 Å². The van der Waals surface area contributed by atoms with Crippen LogP contribution < -0.4 is 0 Å². The second-order valence-corrected chi connectivity index (χ2v) is 7.27. The molecular formula is C12H24NO5S+. The minimum atomic E-state index is -4.00. The Labute approximate surface area is 115 Å². The number of carbonyl (C=O) groups excluding carboxylic acids is 1. The zero-order chi connectivity index (χ0) is 15.3. The van der Waals surface area contributed by atoms with Gasteiger partial charge in [0.15, 0.2) is 0 Å². The quantitative estimate of drug-likeness (QED) is 0.236. The van der Waals surface area contributed by atoms with Crippen LogP contribution >= 0.6 is 0 Å². The summed E-state index contributed by atoms with van der Waals surface area (Å²) in [4.78, 5) is 11.1. The predicted molar refractivity (Wildman–Crippen MR) is 73.2 cm³/mol. The van der Waals surface area contributed by atoms with Gasteiger partial charge in [-0.1, -0.05) is 6.58 Å². The Balaban J connectivity index is 4.11. The van der Waals surface area contributed by atoms with Gasteiger partial charge in [-0.25, -0.2) is 4.79 Å². The van der Waals surface area contributed by atoms with Crippen LogP contribution in [0.3, 0.4) is 0 Å². The molecule has 0 saturated carbocycles. The molecule has 1 N–H and O–H groups in total. The molecule has 0 heterocycles. The van der Waals surface area contributed by atoms with E-state index in [1.54, 1.807) is 6.92 Å². The van der Waals surface area contributed by atoms with Crippen LogP contribution in [0, 0.1) is 0 Å². The number of quaternary nitrogens is 1. The monoisotopic (exact) mass is 294 g/mol. The fraction of sp³-hybridized carbons (Fsp3) is 0.750. The van der Waals surface area contributed by atoms with E-state index in [1.807, 2.05) is 14.1 Å². The molecule has 0 amide bonds. The maximum Gasteiger partial charge on any atom is 0.333 e. The van der Waals surface area contributed by atoms with Gasteiger partial charge in [0.25, 0.3) is 10.1 Å². The first-order valence-electron chi connectivity index (χ1n) is 6.06. The molecule has 0 rings (SSSR count). The number of carbonyl (C=O) groups is 1. The van der Waals surface area contributed by atoms with E-state index in [0.29, 0.717) is 29.6 Å². The van der Waals surface area contributed by atoms with E-state index in [9.17, 15) is 13.2 Å². The third kappa shape index (κ3) is 7.97. The van der Waals surface area contributed by atoms with Crippen LogP contribution in [-0.2, 0) is 19.6 Å². The molecule has 0 bridgehead atoms. The molecule has 0 saturated heterocycles. The molecule has 1 unspecified atom stereocenters. The van der Waals surface area contributed by atoms with Crippen LogP contribution in [0.1, 0.15) is 20.3 Å². The molecular weight excluding hydrogens is 270 g/mol. The molecule has 1 atom stereocenters. The van der Waals surface area contributed by atoms with Crippen molar-refractivity contribution in [3.8, 4) is 0 Å². The topological polar surface area (TPSA) is 80.7 Å². The Bertz CT molecular complexity index is 427. The van der Waals surface area contributed by atoms with Gasteiger partial charge in [0.1, 0.15) is 5.25 Å². The number of ether oxygens (including phenoxy) is 1. The lowest BCUT2D eigenvalue weighted by Gasteiger charge is -2.31. The summed E-state index contributed by atoms with van der Waals surface area (Å²) in [7, 11) is -0.277. The Morgan fingerprint density at radius 1 is 1.42 bits per heavy atom. The van der Waals surface area contributed by atoms with Crippen molar-refractivity contribution in [1.82, 2.24) is 0 Å². The largest absolute Gasteiger partial charge is 0.462 e. The van der Waals surface area contributed by atoms with E-state index in [2.05, 4.69) is 6.58 Å². The summed E-state index contributed by atoms with van der Waals surface area (Å²) in [5, 5.41) is -0.819. The Morgan fingerprint density at radius 3 is 2.37 bits per heavy atom. The van der Waals surface area contributed by atoms with Crippen molar-refractivity contribution in [3.05, 3.63) is 12.2 Å². The third-order valence-corrected chi connectivity index (χ3v) is 3.92. The summed E-state index contributed by atoms with van der Waals surface area (Å²) < 4.78 is 36.3. The van der Waals surface area contributed by atoms with Gasteiger partial charge in [0.2, 0.25) is 0 Å². The maximum atomic E-state index is 11.1. The van der Waals surface area contributed by atoms with Gasteiger partial charge in [-0.05, 0) is 13.8 Å². The van der Waals surface area contributed by atoms with Crippen molar-refractivity contribution >= 4 is 16.1 Å². The summed E-state index contributed by atoms with van der Waals surface area (Å²) in [6, 6.07) is 0. The van der Waals surface area contributed by atoms with Crippen LogP contribution in [0.2, 0.25) is 0 Å². The van der Waals surface area contributed by atoms with Crippen LogP contribution in [0.25, 0.3) is 0 Å². The van der Waals surface area contributed by atoms with Crippen LogP contribution in [0.4, 0.5) is 0 Å². The lowest BCUT2D eigenvalue weighted by atomic mass is 10.3. The molecule has 0 radical (unpaired) electrons. The maximum absolute atomic E-state index is 11.1. The smallest absolute Gasteiger partial charge is 0.333 e. The first-order valence-corrected chi connectivity index (χ1v) is 7.57. The van der Waals surface area contributed by atoms with Gasteiger partial charge < -0.3 is 9.22 Å². The fourth-order valence-corrected chi connectivity index (χ4v) is 2.25. The number of rotatable bonds is 8. The van der Waals surface area contributed by atoms with Crippen LogP contribution in [0.5, 0.6) is 0 Å². The molecule has 7 heteroatoms. The highest BCUT2D eigenvalue weighted by Gasteiger charge is 2.27. The highest BCUT2D eigenvalue weighted by atomic mass is 32.2. The fourth-order valence-electron chi connectivity index (χ4n) is 1.66. The van der Waals surface area contributed by atoms with E-state index < -0.39 is 21.3 Å². The summed E-state index contributed by atoms with van der Waals surface area (Å²) in [6.45, 7) is 7.74. The minimum Gasteiger partial charge on any atom is -0.462 e. The molecule has 0 aromatic rings. The molecule has 0 aliphatic carbocycles. The van der Waals surface area contributed by atoms with Gasteiger partial charge >= 0.3 is 5.97 Å². The highest BCUT2D eigenvalue weighted by Crippen LogP contribution is 2.07. The van der Waals surface area contributed by atoms with E-state index in [1.165, 1.54) is 6.92 Å². The molecule has 6 nitrogen and oxygen atoms in total. The van der Waals surface area contributed by atoms with Gasteiger partial charge in [-0.15, -0.1) is 0 Å². The summed E-state index contributed by atoms with van der Waals surface area (Å²) in [6.07, 6.45) is 0.615. The second-order valence-electron chi connectivity index (χ2n) is 5.44. The molecule has 112 valence electrons. The van der Waals surface area contributed by atoms with Crippen LogP contribution in [0.15, 0.2) is 12.2 Å². The first kappa shape index (κ1) is 18.1. The molecule has 0 fully saturated rings. The summed E-state index contributed by atoms with van der Waals surface area (Å²) in [5.41, 5.74) is 0.355. The Morgan fingerprint density at radius 2 is 1.95 bits per heavy atom. The van der Waals surface area contributed by atoms with Gasteiger partial charge in [-0.3, -0.25) is 4.55 Å². The molecule has 0 spiro atoms. The minimum absolute atomic E-state index is 0.271. The van der Waals surface area contributed by atoms with E-state index in [-0.39, 0.29) is 6.61 Å². The van der Waals surface area contributed by atoms with Crippen molar-refractivity contribution in [2.45, 2.75) is 25.5 Å². The normalized spacial score (nSPS) is 13.9. The molecule has 19 heavy (non-hydrogen) atoms. The summed E-state index contributed by atoms with van der Waals surface area (Å²) >= 11 is 0. The SMILES string of the molecule is C=C(C)C(=O)OCCC[N+](C)(C)CC(C)S(=O)(=O)O. The Hall–Kier alpha value is -0.920. The lowest BCUT2D eigenvalue weighted by Crippen LogP contribution is -2.47. The van der Waals surface area contributed by atoms with Crippen molar-refractivity contribution in [2.75, 3.05) is 33.8 Å². The van der Waals surface area contributed by atoms with Gasteiger partial charge in [0.05, 0.1) is 33.8 Å². The van der Waals surface area contributed by atoms with E-state index >= 15 is 0 Å². The van der Waals surface area contributed by atoms with Crippen molar-refractivity contribution in [3.63, 3.8) is 0 Å². The lowest BCUT2D eigenvalue weighted by molar-refractivity contribution is -0.890. The molecule has 0 aliphatic heterocycles. The molecule has 0 aromatic carbocycles. The highest BCUT2D eigenvalue weighted by molar-refractivity contribution is 7.86. The third-order valence-electron chi connectivity index (χ3n) is 2.75. The number of hydrogen-bond acceptors (Lipinski definition) is 4. The number of nitrogens with zero attached hydrogens (tertiary/aromatic N) is 1. The zero-order valence-electron chi connectivity index (χ0n) is 12.0. The second kappa shape index (κ2) is 7.02. The standard InChI is InChI=1S/C12H23NO5S/c1-10(2)12(14)18-8-6-7-13(4,5)9-11(3)19(15,16)17/h11H,1,6-9H2,2-5H3/p+1. The van der Waals surface area contributed by atoms with Gasteiger partial charge in [-0.2, -0.15) is 8.42 Å². The summed E-state index contributed by atoms with van der Waals surface area (Å²) in [5.74, 6) is -0.420. The Kier molecular flexibility index (Phi) is 6.68. The van der Waals surface area contributed by atoms with Gasteiger partial charge in [0, 0.05) is 12.0 Å². The zero-order valence-corrected chi connectivity index (χ0v) is 12.9. The average Bonchev–Trinajstić information content (AvgIpc) is 2.21. The number of esters is 1. The van der Waals surface area contributed by atoms with E-state index in [4.69, 9.17) is 9.29 Å². The van der Waals surface area contributed by atoms with Crippen molar-refractivity contribution in [2.24, 2.45) is 0 Å². The molecule has 0 aliphatic rings. The van der Waals surface area contributed by atoms with Crippen molar-refractivity contribution < 1.29 is 27.0 Å². The average molecular weight is 294 g/mol. The molecule has 0 aromatic heterocycles.